The van der Waals surface area contributed by atoms with Crippen molar-refractivity contribution in [2.75, 3.05) is 18.9 Å². The van der Waals surface area contributed by atoms with Crippen molar-refractivity contribution in [3.63, 3.8) is 0 Å². The molecule has 2 N–H and O–H groups in total. The van der Waals surface area contributed by atoms with Gasteiger partial charge in [0, 0.05) is 0 Å². The zero-order valence-electron chi connectivity index (χ0n) is 11.5. The molecule has 1 aromatic carbocycles. The Hall–Kier alpha value is -2.31. The normalized spacial score (nSPS) is 10.1. The maximum atomic E-state index is 11.9. The highest BCUT2D eigenvalue weighted by atomic mass is 16.6. The highest BCUT2D eigenvalue weighted by Gasteiger charge is 2.22. The molecule has 0 radical (unpaired) electrons. The average molecular weight is 282 g/mol. The van der Waals surface area contributed by atoms with Crippen molar-refractivity contribution in [1.82, 2.24) is 0 Å². The van der Waals surface area contributed by atoms with E-state index in [1.54, 1.807) is 0 Å². The molecule has 20 heavy (non-hydrogen) atoms. The molecule has 0 bridgehead atoms. The van der Waals surface area contributed by atoms with Gasteiger partial charge in [-0.1, -0.05) is 13.8 Å². The van der Waals surface area contributed by atoms with Crippen molar-refractivity contribution in [3.8, 4) is 5.75 Å². The van der Waals surface area contributed by atoms with Gasteiger partial charge in [-0.3, -0.25) is 10.1 Å². The Labute approximate surface area is 116 Å². The summed E-state index contributed by atoms with van der Waals surface area (Å²) in [5.41, 5.74) is 5.30. The molecule has 0 aromatic heterocycles. The van der Waals surface area contributed by atoms with Crippen LogP contribution < -0.4 is 10.5 Å². The van der Waals surface area contributed by atoms with Gasteiger partial charge >= 0.3 is 5.97 Å². The second-order valence-corrected chi connectivity index (χ2v) is 4.15. The van der Waals surface area contributed by atoms with Crippen molar-refractivity contribution < 1.29 is 19.2 Å². The number of anilines is 1. The molecule has 110 valence electrons. The van der Waals surface area contributed by atoms with E-state index in [1.165, 1.54) is 6.07 Å². The molecule has 0 amide bonds. The van der Waals surface area contributed by atoms with Crippen LogP contribution in [0.15, 0.2) is 12.1 Å². The van der Waals surface area contributed by atoms with Gasteiger partial charge in [0.1, 0.15) is 17.0 Å². The van der Waals surface area contributed by atoms with Gasteiger partial charge in [-0.25, -0.2) is 4.79 Å². The smallest absolute Gasteiger partial charge is 0.342 e. The van der Waals surface area contributed by atoms with Crippen LogP contribution in [0.4, 0.5) is 11.4 Å². The van der Waals surface area contributed by atoms with Gasteiger partial charge in [0.05, 0.1) is 24.2 Å². The van der Waals surface area contributed by atoms with Gasteiger partial charge in [0.2, 0.25) is 0 Å². The lowest BCUT2D eigenvalue weighted by Crippen LogP contribution is -2.11. The summed E-state index contributed by atoms with van der Waals surface area (Å²) in [6, 6.07) is 2.38. The quantitative estimate of drug-likeness (QED) is 0.356. The molecular weight excluding hydrogens is 264 g/mol. The van der Waals surface area contributed by atoms with E-state index in [2.05, 4.69) is 0 Å². The molecule has 0 aliphatic carbocycles. The lowest BCUT2D eigenvalue weighted by atomic mass is 10.1. The van der Waals surface area contributed by atoms with Crippen LogP contribution in [0.5, 0.6) is 5.75 Å². The molecule has 7 nitrogen and oxygen atoms in total. The molecule has 0 saturated heterocycles. The minimum Gasteiger partial charge on any atom is -0.492 e. The number of rotatable bonds is 7. The van der Waals surface area contributed by atoms with Gasteiger partial charge in [0.15, 0.2) is 0 Å². The first-order valence-electron chi connectivity index (χ1n) is 6.39. The van der Waals surface area contributed by atoms with Gasteiger partial charge in [-0.2, -0.15) is 0 Å². The zero-order chi connectivity index (χ0) is 15.1. The number of ether oxygens (including phenoxy) is 2. The van der Waals surface area contributed by atoms with Gasteiger partial charge < -0.3 is 15.2 Å². The summed E-state index contributed by atoms with van der Waals surface area (Å²) in [6.07, 6.45) is 1.39. The van der Waals surface area contributed by atoms with E-state index in [0.29, 0.717) is 19.4 Å². The number of nitrogens with zero attached hydrogens (tertiary/aromatic N) is 1. The molecule has 0 heterocycles. The van der Waals surface area contributed by atoms with Crippen LogP contribution in [-0.2, 0) is 4.74 Å². The van der Waals surface area contributed by atoms with Crippen LogP contribution in [0.3, 0.4) is 0 Å². The summed E-state index contributed by atoms with van der Waals surface area (Å²) in [4.78, 5) is 22.1. The number of esters is 1. The molecule has 1 aromatic rings. The highest BCUT2D eigenvalue weighted by Crippen LogP contribution is 2.31. The molecular formula is C13H18N2O5. The first-order valence-corrected chi connectivity index (χ1v) is 6.39. The van der Waals surface area contributed by atoms with E-state index in [-0.39, 0.29) is 29.3 Å². The third-order valence-corrected chi connectivity index (χ3v) is 2.44. The van der Waals surface area contributed by atoms with E-state index in [1.807, 2.05) is 13.8 Å². The summed E-state index contributed by atoms with van der Waals surface area (Å²) < 4.78 is 10.4. The third-order valence-electron chi connectivity index (χ3n) is 2.44. The van der Waals surface area contributed by atoms with E-state index < -0.39 is 10.9 Å². The monoisotopic (exact) mass is 282 g/mol. The number of hydrogen-bond donors (Lipinski definition) is 1. The molecule has 0 aliphatic rings. The predicted molar refractivity (Wildman–Crippen MR) is 73.9 cm³/mol. The Bertz CT molecular complexity index is 502. The second-order valence-electron chi connectivity index (χ2n) is 4.15. The molecule has 0 saturated carbocycles. The Morgan fingerprint density at radius 2 is 1.95 bits per heavy atom. The highest BCUT2D eigenvalue weighted by molar-refractivity contribution is 5.94. The van der Waals surface area contributed by atoms with Crippen LogP contribution in [-0.4, -0.2) is 24.1 Å². The van der Waals surface area contributed by atoms with Crippen LogP contribution >= 0.6 is 0 Å². The number of benzene rings is 1. The van der Waals surface area contributed by atoms with Crippen molar-refractivity contribution in [1.29, 1.82) is 0 Å². The molecule has 0 spiro atoms. The topological polar surface area (TPSA) is 105 Å². The molecule has 0 fully saturated rings. The van der Waals surface area contributed by atoms with Gasteiger partial charge in [-0.15, -0.1) is 0 Å². The second kappa shape index (κ2) is 7.32. The Morgan fingerprint density at radius 3 is 2.50 bits per heavy atom. The van der Waals surface area contributed by atoms with Gasteiger partial charge in [-0.05, 0) is 18.9 Å². The standard InChI is InChI=1S/C13H18N2O5/c1-3-5-19-12-8-11(15(17)18)10(14)7-9(12)13(16)20-6-4-2/h7-8H,3-6,14H2,1-2H3. The largest absolute Gasteiger partial charge is 0.492 e. The molecule has 0 aliphatic heterocycles. The number of nitro benzene ring substituents is 1. The fourth-order valence-corrected chi connectivity index (χ4v) is 1.51. The van der Waals surface area contributed by atoms with Crippen molar-refractivity contribution >= 4 is 17.3 Å². The van der Waals surface area contributed by atoms with Gasteiger partial charge in [0.25, 0.3) is 5.69 Å². The van der Waals surface area contributed by atoms with Crippen LogP contribution in [0.2, 0.25) is 0 Å². The third kappa shape index (κ3) is 3.84. The summed E-state index contributed by atoms with van der Waals surface area (Å²) in [5.74, 6) is -0.478. The summed E-state index contributed by atoms with van der Waals surface area (Å²) in [6.45, 7) is 4.37. The van der Waals surface area contributed by atoms with E-state index in [9.17, 15) is 14.9 Å². The fraction of sp³-hybridized carbons (Fsp3) is 0.462. The minimum absolute atomic E-state index is 0.0951. The molecule has 0 atom stereocenters. The Kier molecular flexibility index (Phi) is 5.76. The molecule has 1 rings (SSSR count). The summed E-state index contributed by atoms with van der Waals surface area (Å²) in [7, 11) is 0. The van der Waals surface area contributed by atoms with Crippen molar-refractivity contribution in [2.24, 2.45) is 0 Å². The molecule has 7 heteroatoms. The molecule has 0 unspecified atom stereocenters. The number of carbonyl (C=O) groups is 1. The van der Waals surface area contributed by atoms with E-state index >= 15 is 0 Å². The van der Waals surface area contributed by atoms with Crippen molar-refractivity contribution in [2.45, 2.75) is 26.7 Å². The first-order chi connectivity index (χ1) is 9.51. The number of nitro groups is 1. The summed E-state index contributed by atoms with van der Waals surface area (Å²) in [5, 5.41) is 10.9. The Morgan fingerprint density at radius 1 is 1.30 bits per heavy atom. The number of carbonyl (C=O) groups excluding carboxylic acids is 1. The fourth-order valence-electron chi connectivity index (χ4n) is 1.51. The zero-order valence-corrected chi connectivity index (χ0v) is 11.5. The number of nitrogens with two attached hydrogens (primary N) is 1. The summed E-state index contributed by atoms with van der Waals surface area (Å²) >= 11 is 0. The van der Waals surface area contributed by atoms with E-state index in [0.717, 1.165) is 6.07 Å². The lowest BCUT2D eigenvalue weighted by Gasteiger charge is -2.11. The number of hydrogen-bond acceptors (Lipinski definition) is 6. The SMILES string of the molecule is CCCOC(=O)c1cc(N)c([N+](=O)[O-])cc1OCCC. The maximum Gasteiger partial charge on any atom is 0.342 e. The van der Waals surface area contributed by atoms with Crippen molar-refractivity contribution in [3.05, 3.63) is 27.8 Å². The van der Waals surface area contributed by atoms with Crippen LogP contribution in [0.1, 0.15) is 37.0 Å². The predicted octanol–water partition coefficient (Wildman–Crippen LogP) is 2.53. The average Bonchev–Trinajstić information content (AvgIpc) is 2.42. The number of nitrogen functional groups attached to an aromatic ring is 1. The van der Waals surface area contributed by atoms with Crippen LogP contribution in [0.25, 0.3) is 0 Å². The Balaban J connectivity index is 3.16. The van der Waals surface area contributed by atoms with Crippen LogP contribution in [0, 0.1) is 10.1 Å². The van der Waals surface area contributed by atoms with E-state index in [4.69, 9.17) is 15.2 Å². The maximum absolute atomic E-state index is 11.9. The first kappa shape index (κ1) is 15.7. The minimum atomic E-state index is -0.616. The lowest BCUT2D eigenvalue weighted by molar-refractivity contribution is -0.384.